The summed E-state index contributed by atoms with van der Waals surface area (Å²) in [6, 6.07) is 1.43. The highest BCUT2D eigenvalue weighted by molar-refractivity contribution is 5.96. The Morgan fingerprint density at radius 1 is 1.22 bits per heavy atom. The fraction of sp³-hybridized carbons (Fsp3) is 0.400. The molecule has 8 heteroatoms. The van der Waals surface area contributed by atoms with Gasteiger partial charge in [-0.1, -0.05) is 0 Å². The number of hydrogen-bond acceptors (Lipinski definition) is 6. The molecule has 0 bridgehead atoms. The first-order valence-electron chi connectivity index (χ1n) is 5.00. The minimum absolute atomic E-state index is 0.169. The standard InChI is InChI=1S/C10H13N3O5/c1-17-8(14)5-13(6-9(15)18-2)10(16)7-3-4-11-12-7/h3-4H,5-6H2,1-2H3,(H,11,12). The molecule has 0 saturated carbocycles. The smallest absolute Gasteiger partial charge is 0.325 e. The van der Waals surface area contributed by atoms with Crippen LogP contribution in [0.4, 0.5) is 0 Å². The van der Waals surface area contributed by atoms with E-state index in [1.807, 2.05) is 0 Å². The summed E-state index contributed by atoms with van der Waals surface area (Å²) in [5.74, 6) is -1.80. The monoisotopic (exact) mass is 255 g/mol. The number of hydrogen-bond donors (Lipinski definition) is 1. The van der Waals surface area contributed by atoms with Crippen LogP contribution in [0.15, 0.2) is 12.3 Å². The molecule has 0 radical (unpaired) electrons. The van der Waals surface area contributed by atoms with Gasteiger partial charge >= 0.3 is 11.9 Å². The summed E-state index contributed by atoms with van der Waals surface area (Å²) in [6.45, 7) is -0.688. The summed E-state index contributed by atoms with van der Waals surface area (Å²) in [5.41, 5.74) is 0.169. The van der Waals surface area contributed by atoms with Crippen molar-refractivity contribution in [2.75, 3.05) is 27.3 Å². The van der Waals surface area contributed by atoms with Gasteiger partial charge in [-0.15, -0.1) is 0 Å². The van der Waals surface area contributed by atoms with Gasteiger partial charge in [-0.2, -0.15) is 5.10 Å². The second-order valence-corrected chi connectivity index (χ2v) is 3.28. The molecule has 8 nitrogen and oxygen atoms in total. The highest BCUT2D eigenvalue weighted by atomic mass is 16.5. The average molecular weight is 255 g/mol. The zero-order chi connectivity index (χ0) is 13.5. The van der Waals surface area contributed by atoms with E-state index < -0.39 is 17.8 Å². The van der Waals surface area contributed by atoms with Crippen molar-refractivity contribution in [3.05, 3.63) is 18.0 Å². The van der Waals surface area contributed by atoms with Gasteiger partial charge in [0, 0.05) is 6.20 Å². The molecule has 1 amide bonds. The molecule has 1 aromatic rings. The maximum atomic E-state index is 11.9. The van der Waals surface area contributed by atoms with E-state index in [4.69, 9.17) is 0 Å². The lowest BCUT2D eigenvalue weighted by molar-refractivity contribution is -0.144. The second kappa shape index (κ2) is 6.38. The average Bonchev–Trinajstić information content (AvgIpc) is 2.90. The summed E-state index contributed by atoms with van der Waals surface area (Å²) < 4.78 is 8.91. The largest absolute Gasteiger partial charge is 0.468 e. The molecule has 0 unspecified atom stereocenters. The number of esters is 2. The van der Waals surface area contributed by atoms with Crippen LogP contribution >= 0.6 is 0 Å². The molecule has 0 aliphatic carbocycles. The summed E-state index contributed by atoms with van der Waals surface area (Å²) in [5, 5.41) is 6.07. The van der Waals surface area contributed by atoms with Crippen LogP contribution in [-0.2, 0) is 19.1 Å². The normalized spacial score (nSPS) is 9.67. The zero-order valence-corrected chi connectivity index (χ0v) is 10.0. The van der Waals surface area contributed by atoms with E-state index in [0.29, 0.717) is 0 Å². The lowest BCUT2D eigenvalue weighted by Crippen LogP contribution is -2.40. The number of aromatic nitrogens is 2. The zero-order valence-electron chi connectivity index (χ0n) is 10.0. The maximum Gasteiger partial charge on any atom is 0.325 e. The van der Waals surface area contributed by atoms with Crippen LogP contribution in [0.3, 0.4) is 0 Å². The number of carbonyl (C=O) groups excluding carboxylic acids is 3. The molecule has 0 atom stereocenters. The molecule has 1 heterocycles. The Labute approximate surface area is 103 Å². The van der Waals surface area contributed by atoms with Crippen LogP contribution in [0.25, 0.3) is 0 Å². The van der Waals surface area contributed by atoms with Gasteiger partial charge in [0.2, 0.25) is 0 Å². The molecule has 0 saturated heterocycles. The summed E-state index contributed by atoms with van der Waals surface area (Å²) in [7, 11) is 2.39. The molecule has 0 aliphatic rings. The van der Waals surface area contributed by atoms with E-state index in [-0.39, 0.29) is 18.8 Å². The Hall–Kier alpha value is -2.38. The first-order valence-corrected chi connectivity index (χ1v) is 5.00. The van der Waals surface area contributed by atoms with Gasteiger partial charge in [-0.3, -0.25) is 19.5 Å². The lowest BCUT2D eigenvalue weighted by Gasteiger charge is -2.19. The van der Waals surface area contributed by atoms with Gasteiger partial charge in [-0.05, 0) is 6.07 Å². The van der Waals surface area contributed by atoms with E-state index in [0.717, 1.165) is 4.90 Å². The number of methoxy groups -OCH3 is 2. The van der Waals surface area contributed by atoms with Crippen molar-refractivity contribution < 1.29 is 23.9 Å². The fourth-order valence-electron chi connectivity index (χ4n) is 1.19. The first kappa shape index (κ1) is 13.7. The van der Waals surface area contributed by atoms with Crippen molar-refractivity contribution in [1.29, 1.82) is 0 Å². The predicted molar refractivity (Wildman–Crippen MR) is 58.5 cm³/mol. The van der Waals surface area contributed by atoms with Crippen molar-refractivity contribution in [1.82, 2.24) is 15.1 Å². The Morgan fingerprint density at radius 2 is 1.78 bits per heavy atom. The molecular formula is C10H13N3O5. The third-order valence-electron chi connectivity index (χ3n) is 2.11. The molecule has 98 valence electrons. The van der Waals surface area contributed by atoms with Gasteiger partial charge in [0.25, 0.3) is 5.91 Å². The van der Waals surface area contributed by atoms with E-state index in [1.54, 1.807) is 0 Å². The number of H-pyrrole nitrogens is 1. The lowest BCUT2D eigenvalue weighted by atomic mass is 10.3. The van der Waals surface area contributed by atoms with Crippen molar-refractivity contribution >= 4 is 17.8 Å². The molecule has 1 aromatic heterocycles. The van der Waals surface area contributed by atoms with Gasteiger partial charge in [0.05, 0.1) is 14.2 Å². The molecule has 0 spiro atoms. The third kappa shape index (κ3) is 3.58. The number of carbonyl (C=O) groups is 3. The van der Waals surface area contributed by atoms with Gasteiger partial charge in [-0.25, -0.2) is 0 Å². The molecular weight excluding hydrogens is 242 g/mol. The van der Waals surface area contributed by atoms with Crippen molar-refractivity contribution in [2.24, 2.45) is 0 Å². The van der Waals surface area contributed by atoms with Crippen molar-refractivity contribution in [3.63, 3.8) is 0 Å². The summed E-state index contributed by atoms with van der Waals surface area (Å²) in [6.07, 6.45) is 1.39. The second-order valence-electron chi connectivity index (χ2n) is 3.28. The number of nitrogens with one attached hydrogen (secondary N) is 1. The Kier molecular flexibility index (Phi) is 4.85. The summed E-state index contributed by atoms with van der Waals surface area (Å²) in [4.78, 5) is 35.3. The molecule has 1 rings (SSSR count). The molecule has 0 fully saturated rings. The first-order chi connectivity index (χ1) is 8.58. The van der Waals surface area contributed by atoms with E-state index in [2.05, 4.69) is 19.7 Å². The van der Waals surface area contributed by atoms with E-state index in [1.165, 1.54) is 26.5 Å². The van der Waals surface area contributed by atoms with Crippen LogP contribution in [0.2, 0.25) is 0 Å². The van der Waals surface area contributed by atoms with Gasteiger partial charge in [0.1, 0.15) is 18.8 Å². The summed E-state index contributed by atoms with van der Waals surface area (Å²) >= 11 is 0. The molecule has 0 aromatic carbocycles. The quantitative estimate of drug-likeness (QED) is 0.691. The van der Waals surface area contributed by atoms with Crippen molar-refractivity contribution in [2.45, 2.75) is 0 Å². The molecule has 0 aliphatic heterocycles. The highest BCUT2D eigenvalue weighted by Crippen LogP contribution is 2.01. The maximum absolute atomic E-state index is 11.9. The third-order valence-corrected chi connectivity index (χ3v) is 2.11. The van der Waals surface area contributed by atoms with E-state index >= 15 is 0 Å². The highest BCUT2D eigenvalue weighted by Gasteiger charge is 2.23. The van der Waals surface area contributed by atoms with Crippen molar-refractivity contribution in [3.8, 4) is 0 Å². The number of rotatable bonds is 5. The van der Waals surface area contributed by atoms with Gasteiger partial charge < -0.3 is 14.4 Å². The molecule has 18 heavy (non-hydrogen) atoms. The van der Waals surface area contributed by atoms with Crippen LogP contribution in [0, 0.1) is 0 Å². The minimum atomic E-state index is -0.633. The Balaban J connectivity index is 2.79. The SMILES string of the molecule is COC(=O)CN(CC(=O)OC)C(=O)c1ccn[nH]1. The number of aromatic amines is 1. The molecule has 1 N–H and O–H groups in total. The minimum Gasteiger partial charge on any atom is -0.468 e. The number of nitrogens with zero attached hydrogens (tertiary/aromatic N) is 2. The Morgan fingerprint density at radius 3 is 2.17 bits per heavy atom. The fourth-order valence-corrected chi connectivity index (χ4v) is 1.19. The van der Waals surface area contributed by atoms with Crippen LogP contribution in [0.1, 0.15) is 10.5 Å². The number of amides is 1. The number of ether oxygens (including phenoxy) is 2. The predicted octanol–water partition coefficient (Wildman–Crippen LogP) is -0.802. The van der Waals surface area contributed by atoms with Gasteiger partial charge in [0.15, 0.2) is 0 Å². The topological polar surface area (TPSA) is 102 Å². The van der Waals surface area contributed by atoms with Crippen LogP contribution < -0.4 is 0 Å². The Bertz CT molecular complexity index is 411. The van der Waals surface area contributed by atoms with Crippen LogP contribution in [-0.4, -0.2) is 60.3 Å². The van der Waals surface area contributed by atoms with E-state index in [9.17, 15) is 14.4 Å². The van der Waals surface area contributed by atoms with Crippen LogP contribution in [0.5, 0.6) is 0 Å².